The topological polar surface area (TPSA) is 46.6 Å². The van der Waals surface area contributed by atoms with E-state index in [9.17, 15) is 9.59 Å². The lowest BCUT2D eigenvalue weighted by Crippen LogP contribution is -2.43. The molecule has 1 saturated heterocycles. The molecule has 0 aromatic heterocycles. The lowest BCUT2D eigenvalue weighted by atomic mass is 9.83. The number of esters is 1. The quantitative estimate of drug-likeness (QED) is 0.789. The highest BCUT2D eigenvalue weighted by molar-refractivity contribution is 5.88. The Morgan fingerprint density at radius 2 is 2.00 bits per heavy atom. The molecule has 0 bridgehead atoms. The number of aryl methyl sites for hydroxylation is 2. The number of carbonyl (C=O) groups is 2. The third-order valence-corrected chi connectivity index (χ3v) is 4.98. The molecule has 0 saturated carbocycles. The van der Waals surface area contributed by atoms with Crippen molar-refractivity contribution in [3.05, 3.63) is 34.4 Å². The molecule has 2 unspecified atom stereocenters. The van der Waals surface area contributed by atoms with E-state index in [4.69, 9.17) is 4.74 Å². The fourth-order valence-electron chi connectivity index (χ4n) is 4.05. The van der Waals surface area contributed by atoms with Crippen LogP contribution < -0.4 is 0 Å². The molecule has 118 valence electrons. The predicted octanol–water partition coefficient (Wildman–Crippen LogP) is 2.84. The third-order valence-electron chi connectivity index (χ3n) is 4.98. The van der Waals surface area contributed by atoms with Gasteiger partial charge in [0, 0.05) is 6.42 Å². The Kier molecular flexibility index (Phi) is 3.94. The fourth-order valence-corrected chi connectivity index (χ4v) is 4.05. The van der Waals surface area contributed by atoms with Gasteiger partial charge in [-0.05, 0) is 56.2 Å². The molecule has 0 spiro atoms. The first kappa shape index (κ1) is 15.1. The van der Waals surface area contributed by atoms with Gasteiger partial charge in [0.1, 0.15) is 6.04 Å². The molecule has 3 rings (SSSR count). The van der Waals surface area contributed by atoms with Crippen LogP contribution in [0.2, 0.25) is 0 Å². The van der Waals surface area contributed by atoms with Crippen molar-refractivity contribution in [2.45, 2.75) is 58.0 Å². The van der Waals surface area contributed by atoms with Gasteiger partial charge in [0.25, 0.3) is 0 Å². The predicted molar refractivity (Wildman–Crippen MR) is 83.5 cm³/mol. The number of nitrogens with zero attached hydrogens (tertiary/aromatic N) is 1. The average molecular weight is 301 g/mol. The Labute approximate surface area is 131 Å². The van der Waals surface area contributed by atoms with Crippen molar-refractivity contribution < 1.29 is 14.3 Å². The first-order valence-electron chi connectivity index (χ1n) is 8.02. The summed E-state index contributed by atoms with van der Waals surface area (Å²) in [5.41, 5.74) is 5.09. The van der Waals surface area contributed by atoms with E-state index in [0.29, 0.717) is 12.8 Å². The summed E-state index contributed by atoms with van der Waals surface area (Å²) < 4.78 is 4.91. The third kappa shape index (κ3) is 2.40. The smallest absolute Gasteiger partial charge is 0.328 e. The van der Waals surface area contributed by atoms with Crippen molar-refractivity contribution in [1.82, 2.24) is 4.90 Å². The van der Waals surface area contributed by atoms with Gasteiger partial charge >= 0.3 is 5.97 Å². The summed E-state index contributed by atoms with van der Waals surface area (Å²) in [5.74, 6) is -0.213. The maximum atomic E-state index is 12.4. The van der Waals surface area contributed by atoms with Crippen LogP contribution in [-0.2, 0) is 20.7 Å². The van der Waals surface area contributed by atoms with Gasteiger partial charge in [-0.3, -0.25) is 4.79 Å². The highest BCUT2D eigenvalue weighted by atomic mass is 16.5. The lowest BCUT2D eigenvalue weighted by Gasteiger charge is -2.37. The SMILES string of the molecule is COC(=O)C1CCC(=O)N1C1CCCc2c(C)cc(C)cc21. The number of benzene rings is 1. The largest absolute Gasteiger partial charge is 0.467 e. The van der Waals surface area contributed by atoms with Crippen molar-refractivity contribution in [2.24, 2.45) is 0 Å². The zero-order chi connectivity index (χ0) is 15.9. The number of carbonyl (C=O) groups excluding carboxylic acids is 2. The number of amides is 1. The van der Waals surface area contributed by atoms with E-state index >= 15 is 0 Å². The minimum absolute atomic E-state index is 0.0152. The number of likely N-dealkylation sites (tertiary alicyclic amines) is 1. The van der Waals surface area contributed by atoms with Gasteiger partial charge < -0.3 is 9.64 Å². The van der Waals surface area contributed by atoms with Crippen LogP contribution in [0.3, 0.4) is 0 Å². The highest BCUT2D eigenvalue weighted by Crippen LogP contribution is 2.40. The van der Waals surface area contributed by atoms with Gasteiger partial charge in [0.05, 0.1) is 13.2 Å². The van der Waals surface area contributed by atoms with Gasteiger partial charge in [0.2, 0.25) is 5.91 Å². The number of hydrogen-bond acceptors (Lipinski definition) is 3. The van der Waals surface area contributed by atoms with E-state index < -0.39 is 6.04 Å². The molecular formula is C18H23NO3. The minimum atomic E-state index is -0.422. The Morgan fingerprint density at radius 3 is 2.73 bits per heavy atom. The maximum absolute atomic E-state index is 12.4. The first-order valence-corrected chi connectivity index (χ1v) is 8.02. The second-order valence-corrected chi connectivity index (χ2v) is 6.44. The summed E-state index contributed by atoms with van der Waals surface area (Å²) in [6.07, 6.45) is 4.05. The average Bonchev–Trinajstić information content (AvgIpc) is 2.87. The maximum Gasteiger partial charge on any atom is 0.328 e. The molecular weight excluding hydrogens is 278 g/mol. The molecule has 4 heteroatoms. The molecule has 1 aliphatic carbocycles. The number of ether oxygens (including phenoxy) is 1. The van der Waals surface area contributed by atoms with Crippen LogP contribution in [0.4, 0.5) is 0 Å². The Balaban J connectivity index is 2.02. The number of fused-ring (bicyclic) bond motifs is 1. The van der Waals surface area contributed by atoms with Crippen LogP contribution in [-0.4, -0.2) is 29.9 Å². The molecule has 1 aromatic carbocycles. The Hall–Kier alpha value is -1.84. The van der Waals surface area contributed by atoms with Gasteiger partial charge in [-0.15, -0.1) is 0 Å². The van der Waals surface area contributed by atoms with E-state index in [-0.39, 0.29) is 17.9 Å². The van der Waals surface area contributed by atoms with Gasteiger partial charge in [-0.25, -0.2) is 4.79 Å². The number of rotatable bonds is 2. The molecule has 1 amide bonds. The van der Waals surface area contributed by atoms with E-state index in [1.54, 1.807) is 4.90 Å². The molecule has 4 nitrogen and oxygen atoms in total. The molecule has 2 atom stereocenters. The zero-order valence-corrected chi connectivity index (χ0v) is 13.5. The standard InChI is InChI=1S/C18H23NO3/c1-11-9-12(2)13-5-4-6-15(14(13)10-11)19-16(18(21)22-3)7-8-17(19)20/h9-10,15-16H,4-8H2,1-3H3. The van der Waals surface area contributed by atoms with Crippen LogP contribution in [0.5, 0.6) is 0 Å². The molecule has 1 aliphatic heterocycles. The molecule has 1 fully saturated rings. The second-order valence-electron chi connectivity index (χ2n) is 6.44. The summed E-state index contributed by atoms with van der Waals surface area (Å²) in [6, 6.07) is 3.98. The summed E-state index contributed by atoms with van der Waals surface area (Å²) >= 11 is 0. The van der Waals surface area contributed by atoms with Crippen molar-refractivity contribution >= 4 is 11.9 Å². The van der Waals surface area contributed by atoms with Gasteiger partial charge in [0.15, 0.2) is 0 Å². The highest BCUT2D eigenvalue weighted by Gasteiger charge is 2.42. The summed E-state index contributed by atoms with van der Waals surface area (Å²) in [4.78, 5) is 26.2. The minimum Gasteiger partial charge on any atom is -0.467 e. The van der Waals surface area contributed by atoms with E-state index in [1.807, 2.05) is 0 Å². The number of hydrogen-bond donors (Lipinski definition) is 0. The first-order chi connectivity index (χ1) is 10.5. The van der Waals surface area contributed by atoms with E-state index in [0.717, 1.165) is 19.3 Å². The number of methoxy groups -OCH3 is 1. The summed E-state index contributed by atoms with van der Waals surface area (Å²) in [5, 5.41) is 0. The molecule has 1 aromatic rings. The van der Waals surface area contributed by atoms with E-state index in [2.05, 4.69) is 26.0 Å². The van der Waals surface area contributed by atoms with Crippen LogP contribution in [0, 0.1) is 13.8 Å². The summed E-state index contributed by atoms with van der Waals surface area (Å²) in [6.45, 7) is 4.22. The molecule has 1 heterocycles. The second kappa shape index (κ2) is 5.75. The molecule has 0 N–H and O–H groups in total. The van der Waals surface area contributed by atoms with E-state index in [1.165, 1.54) is 29.4 Å². The van der Waals surface area contributed by atoms with Crippen molar-refractivity contribution in [3.63, 3.8) is 0 Å². The normalized spacial score (nSPS) is 24.3. The van der Waals surface area contributed by atoms with Crippen molar-refractivity contribution in [3.8, 4) is 0 Å². The monoisotopic (exact) mass is 301 g/mol. The fraction of sp³-hybridized carbons (Fsp3) is 0.556. The van der Waals surface area contributed by atoms with Crippen LogP contribution >= 0.6 is 0 Å². The van der Waals surface area contributed by atoms with Crippen molar-refractivity contribution in [2.75, 3.05) is 7.11 Å². The van der Waals surface area contributed by atoms with Crippen molar-refractivity contribution in [1.29, 1.82) is 0 Å². The van der Waals surface area contributed by atoms with Crippen LogP contribution in [0.1, 0.15) is 54.0 Å². The molecule has 2 aliphatic rings. The van der Waals surface area contributed by atoms with Gasteiger partial charge in [-0.2, -0.15) is 0 Å². The molecule has 0 radical (unpaired) electrons. The molecule has 22 heavy (non-hydrogen) atoms. The zero-order valence-electron chi connectivity index (χ0n) is 13.5. The van der Waals surface area contributed by atoms with Gasteiger partial charge in [-0.1, -0.05) is 17.7 Å². The van der Waals surface area contributed by atoms with Crippen LogP contribution in [0.15, 0.2) is 12.1 Å². The summed E-state index contributed by atoms with van der Waals surface area (Å²) in [7, 11) is 1.40. The van der Waals surface area contributed by atoms with Crippen LogP contribution in [0.25, 0.3) is 0 Å². The Morgan fingerprint density at radius 1 is 1.23 bits per heavy atom. The Bertz CT molecular complexity index is 623. The lowest BCUT2D eigenvalue weighted by molar-refractivity contribution is -0.151.